The zero-order valence-electron chi connectivity index (χ0n) is 10.3. The lowest BCUT2D eigenvalue weighted by Crippen LogP contribution is -2.16. The maximum atomic E-state index is 4.04. The van der Waals surface area contributed by atoms with Crippen LogP contribution in [0.2, 0.25) is 19.6 Å². The average Bonchev–Trinajstić information content (AvgIpc) is 2.25. The third kappa shape index (κ3) is 3.92. The molecule has 0 aromatic heterocycles. The summed E-state index contributed by atoms with van der Waals surface area (Å²) in [5, 5.41) is 0. The van der Waals surface area contributed by atoms with Gasteiger partial charge >= 0.3 is 0 Å². The number of hydrogen-bond acceptors (Lipinski definition) is 0. The number of hydrogen-bond donors (Lipinski definition) is 0. The second-order valence-electron chi connectivity index (χ2n) is 4.82. The molecule has 0 aliphatic rings. The zero-order chi connectivity index (χ0) is 12.2. The first-order valence-electron chi connectivity index (χ1n) is 5.37. The van der Waals surface area contributed by atoms with Gasteiger partial charge in [-0.1, -0.05) is 69.1 Å². The minimum Gasteiger partial charge on any atom is -0.127 e. The summed E-state index contributed by atoms with van der Waals surface area (Å²) >= 11 is 0. The van der Waals surface area contributed by atoms with Gasteiger partial charge in [0.2, 0.25) is 0 Å². The predicted molar refractivity (Wildman–Crippen MR) is 75.7 cm³/mol. The highest BCUT2D eigenvalue weighted by atomic mass is 28.3. The van der Waals surface area contributed by atoms with Gasteiger partial charge in [-0.2, -0.15) is 0 Å². The first kappa shape index (κ1) is 12.5. The average molecular weight is 226 g/mol. The van der Waals surface area contributed by atoms with Gasteiger partial charge in [0.05, 0.1) is 0 Å². The van der Waals surface area contributed by atoms with Gasteiger partial charge in [0.1, 0.15) is 8.07 Å². The summed E-state index contributed by atoms with van der Waals surface area (Å²) in [5.41, 5.74) is 6.15. The molecular weight excluding hydrogens is 208 g/mol. The maximum absolute atomic E-state index is 4.04. The third-order valence-corrected chi connectivity index (χ3v) is 2.95. The van der Waals surface area contributed by atoms with Gasteiger partial charge in [-0.05, 0) is 11.1 Å². The van der Waals surface area contributed by atoms with E-state index >= 15 is 0 Å². The summed E-state index contributed by atoms with van der Waals surface area (Å²) < 4.78 is 0. The highest BCUT2D eigenvalue weighted by Gasteiger charge is 2.08. The zero-order valence-corrected chi connectivity index (χ0v) is 11.3. The van der Waals surface area contributed by atoms with Gasteiger partial charge in [-0.15, -0.1) is 5.54 Å². The Bertz CT molecular complexity index is 450. The predicted octanol–water partition coefficient (Wildman–Crippen LogP) is 4.14. The molecule has 0 fully saturated rings. The molecule has 0 unspecified atom stereocenters. The van der Waals surface area contributed by atoms with Gasteiger partial charge < -0.3 is 0 Å². The van der Waals surface area contributed by atoms with Crippen LogP contribution in [0.25, 0.3) is 5.57 Å². The molecule has 0 atom stereocenters. The Morgan fingerprint density at radius 2 is 1.62 bits per heavy atom. The molecule has 0 radical (unpaired) electrons. The molecule has 0 nitrogen and oxygen atoms in total. The van der Waals surface area contributed by atoms with E-state index in [9.17, 15) is 0 Å². The number of rotatable bonds is 2. The van der Waals surface area contributed by atoms with Gasteiger partial charge in [0.25, 0.3) is 0 Å². The van der Waals surface area contributed by atoms with Crippen molar-refractivity contribution in [3.63, 3.8) is 0 Å². The van der Waals surface area contributed by atoms with Crippen LogP contribution in [0.4, 0.5) is 0 Å². The minimum absolute atomic E-state index is 0.827. The van der Waals surface area contributed by atoms with E-state index in [0.29, 0.717) is 0 Å². The van der Waals surface area contributed by atoms with Crippen LogP contribution in [0, 0.1) is 11.5 Å². The van der Waals surface area contributed by atoms with Gasteiger partial charge in [0, 0.05) is 5.57 Å². The molecule has 16 heavy (non-hydrogen) atoms. The summed E-state index contributed by atoms with van der Waals surface area (Å²) in [6.07, 6.45) is 0. The molecule has 1 heteroatoms. The molecule has 1 aromatic carbocycles. The maximum Gasteiger partial charge on any atom is 0.129 e. The Balaban J connectivity index is 2.84. The Hall–Kier alpha value is -1.52. The molecular formula is C15H18Si. The van der Waals surface area contributed by atoms with Gasteiger partial charge in [-0.25, -0.2) is 0 Å². The van der Waals surface area contributed by atoms with Crippen molar-refractivity contribution in [1.82, 2.24) is 0 Å². The smallest absolute Gasteiger partial charge is 0.127 e. The summed E-state index contributed by atoms with van der Waals surface area (Å²) in [7, 11) is -1.33. The number of benzene rings is 1. The molecule has 0 saturated carbocycles. The monoisotopic (exact) mass is 226 g/mol. The van der Waals surface area contributed by atoms with E-state index in [4.69, 9.17) is 0 Å². The normalized spacial score (nSPS) is 10.2. The molecule has 0 saturated heterocycles. The standard InChI is InChI=1S/C15H18Si/c1-13(11-12-16(3,4)5)14(2)15-9-7-6-8-10-15/h6-10H,1-2H2,3-5H3. The van der Waals surface area contributed by atoms with E-state index in [1.165, 1.54) is 0 Å². The van der Waals surface area contributed by atoms with Crippen molar-refractivity contribution in [3.8, 4) is 11.5 Å². The second-order valence-corrected chi connectivity index (χ2v) is 9.57. The van der Waals surface area contributed by atoms with E-state index in [1.807, 2.05) is 30.3 Å². The van der Waals surface area contributed by atoms with Crippen molar-refractivity contribution in [3.05, 3.63) is 54.6 Å². The molecule has 0 amide bonds. The lowest BCUT2D eigenvalue weighted by molar-refractivity contribution is 1.61. The minimum atomic E-state index is -1.33. The van der Waals surface area contributed by atoms with Crippen LogP contribution < -0.4 is 0 Å². The fraction of sp³-hybridized carbons (Fsp3) is 0.200. The molecule has 0 N–H and O–H groups in total. The lowest BCUT2D eigenvalue weighted by Gasteiger charge is -2.06. The van der Waals surface area contributed by atoms with Crippen LogP contribution >= 0.6 is 0 Å². The SMILES string of the molecule is C=C(C#C[Si](C)(C)C)C(=C)c1ccccc1. The van der Waals surface area contributed by atoms with Gasteiger partial charge in [0.15, 0.2) is 0 Å². The first-order valence-corrected chi connectivity index (χ1v) is 8.87. The van der Waals surface area contributed by atoms with Crippen LogP contribution in [0.1, 0.15) is 5.56 Å². The Labute approximate surface area is 99.7 Å². The van der Waals surface area contributed by atoms with Crippen LogP contribution in [0.5, 0.6) is 0 Å². The van der Waals surface area contributed by atoms with E-state index in [1.54, 1.807) is 0 Å². The molecule has 1 aromatic rings. The van der Waals surface area contributed by atoms with E-state index < -0.39 is 8.07 Å². The molecule has 0 bridgehead atoms. The van der Waals surface area contributed by atoms with E-state index in [0.717, 1.165) is 16.7 Å². The third-order valence-electron chi connectivity index (χ3n) is 2.07. The highest BCUT2D eigenvalue weighted by Crippen LogP contribution is 2.18. The van der Waals surface area contributed by atoms with E-state index in [-0.39, 0.29) is 0 Å². The van der Waals surface area contributed by atoms with Crippen molar-refractivity contribution in [2.45, 2.75) is 19.6 Å². The summed E-state index contributed by atoms with van der Waals surface area (Å²) in [5.74, 6) is 3.14. The molecule has 0 aliphatic heterocycles. The van der Waals surface area contributed by atoms with Crippen molar-refractivity contribution in [2.75, 3.05) is 0 Å². The van der Waals surface area contributed by atoms with Gasteiger partial charge in [-0.3, -0.25) is 0 Å². The van der Waals surface area contributed by atoms with Crippen molar-refractivity contribution < 1.29 is 0 Å². The summed E-state index contributed by atoms with van der Waals surface area (Å²) in [6, 6.07) is 10.1. The van der Waals surface area contributed by atoms with Crippen LogP contribution in [-0.4, -0.2) is 8.07 Å². The van der Waals surface area contributed by atoms with E-state index in [2.05, 4.69) is 44.3 Å². The fourth-order valence-corrected chi connectivity index (χ4v) is 1.68. The number of allylic oxidation sites excluding steroid dienone is 2. The largest absolute Gasteiger partial charge is 0.129 e. The Morgan fingerprint density at radius 3 is 2.12 bits per heavy atom. The van der Waals surface area contributed by atoms with Crippen LogP contribution in [0.3, 0.4) is 0 Å². The topological polar surface area (TPSA) is 0 Å². The fourth-order valence-electron chi connectivity index (χ4n) is 1.15. The molecule has 82 valence electrons. The summed E-state index contributed by atoms with van der Waals surface area (Å²) in [4.78, 5) is 0. The van der Waals surface area contributed by atoms with Crippen LogP contribution in [-0.2, 0) is 0 Å². The van der Waals surface area contributed by atoms with Crippen molar-refractivity contribution >= 4 is 13.6 Å². The molecule has 1 rings (SSSR count). The summed E-state index contributed by atoms with van der Waals surface area (Å²) in [6.45, 7) is 14.7. The Kier molecular flexibility index (Phi) is 3.92. The molecule has 0 aliphatic carbocycles. The first-order chi connectivity index (χ1) is 7.40. The van der Waals surface area contributed by atoms with Crippen molar-refractivity contribution in [1.29, 1.82) is 0 Å². The molecule has 0 spiro atoms. The second kappa shape index (κ2) is 5.00. The quantitative estimate of drug-likeness (QED) is 0.404. The lowest BCUT2D eigenvalue weighted by atomic mass is 10.0. The Morgan fingerprint density at radius 1 is 1.06 bits per heavy atom. The molecule has 0 heterocycles. The van der Waals surface area contributed by atoms with Crippen molar-refractivity contribution in [2.24, 2.45) is 0 Å². The van der Waals surface area contributed by atoms with Crippen LogP contribution in [0.15, 0.2) is 49.1 Å². The highest BCUT2D eigenvalue weighted by molar-refractivity contribution is 6.83.